The van der Waals surface area contributed by atoms with E-state index >= 15 is 0 Å². The third-order valence-corrected chi connectivity index (χ3v) is 3.05. The van der Waals surface area contributed by atoms with Gasteiger partial charge >= 0.3 is 0 Å². The van der Waals surface area contributed by atoms with Crippen molar-refractivity contribution in [2.45, 2.75) is 25.3 Å². The molecule has 0 aliphatic heterocycles. The van der Waals surface area contributed by atoms with Crippen LogP contribution in [0.4, 0.5) is 5.82 Å². The molecule has 1 fully saturated rings. The molecular formula is C11H11N5. The Kier molecular flexibility index (Phi) is 1.83. The normalized spacial score (nSPS) is 15.9. The van der Waals surface area contributed by atoms with Gasteiger partial charge in [-0.05, 0) is 25.2 Å². The van der Waals surface area contributed by atoms with E-state index in [1.165, 1.54) is 19.3 Å². The largest absolute Gasteiger partial charge is 0.382 e. The minimum atomic E-state index is 0.325. The van der Waals surface area contributed by atoms with Crippen LogP contribution in [0.1, 0.15) is 31.1 Å². The van der Waals surface area contributed by atoms with Crippen LogP contribution < -0.4 is 5.73 Å². The van der Waals surface area contributed by atoms with Gasteiger partial charge in [0.1, 0.15) is 5.52 Å². The van der Waals surface area contributed by atoms with Crippen molar-refractivity contribution < 1.29 is 0 Å². The molecule has 0 bridgehead atoms. The van der Waals surface area contributed by atoms with E-state index in [9.17, 15) is 0 Å². The van der Waals surface area contributed by atoms with Gasteiger partial charge in [0.05, 0.1) is 6.33 Å². The van der Waals surface area contributed by atoms with Gasteiger partial charge < -0.3 is 10.3 Å². The van der Waals surface area contributed by atoms with Crippen LogP contribution in [0.15, 0.2) is 6.33 Å². The summed E-state index contributed by atoms with van der Waals surface area (Å²) in [6.45, 7) is 0. The lowest BCUT2D eigenvalue weighted by atomic mass is 9.93. The van der Waals surface area contributed by atoms with Gasteiger partial charge in [0.2, 0.25) is 5.82 Å². The van der Waals surface area contributed by atoms with E-state index in [-0.39, 0.29) is 0 Å². The summed E-state index contributed by atoms with van der Waals surface area (Å²) < 4.78 is 2.05. The molecule has 1 saturated carbocycles. The molecule has 2 aromatic heterocycles. The fourth-order valence-corrected chi connectivity index (χ4v) is 1.94. The summed E-state index contributed by atoms with van der Waals surface area (Å²) in [5.74, 6) is 3.09. The summed E-state index contributed by atoms with van der Waals surface area (Å²) in [5, 5.41) is 0. The number of nitrogens with zero attached hydrogens (tertiary/aromatic N) is 4. The first kappa shape index (κ1) is 9.16. The number of hydrogen-bond donors (Lipinski definition) is 1. The van der Waals surface area contributed by atoms with Crippen LogP contribution >= 0.6 is 0 Å². The van der Waals surface area contributed by atoms with Gasteiger partial charge in [0.25, 0.3) is 0 Å². The number of nitrogens with two attached hydrogens (primary N) is 1. The highest BCUT2D eigenvalue weighted by Crippen LogP contribution is 2.33. The zero-order valence-corrected chi connectivity index (χ0v) is 8.72. The molecule has 0 radical (unpaired) electrons. The predicted molar refractivity (Wildman–Crippen MR) is 60.6 cm³/mol. The van der Waals surface area contributed by atoms with E-state index in [1.807, 2.05) is 0 Å². The Balaban J connectivity index is 2.24. The Morgan fingerprint density at radius 3 is 2.88 bits per heavy atom. The highest BCUT2D eigenvalue weighted by Gasteiger charge is 2.22. The van der Waals surface area contributed by atoms with Crippen LogP contribution in [0.5, 0.6) is 0 Å². The molecule has 0 aromatic carbocycles. The third kappa shape index (κ3) is 1.16. The fraction of sp³-hybridized carbons (Fsp3) is 0.364. The van der Waals surface area contributed by atoms with Crippen molar-refractivity contribution in [2.24, 2.45) is 0 Å². The first-order valence-electron chi connectivity index (χ1n) is 5.26. The molecule has 0 spiro atoms. The molecule has 1 aliphatic carbocycles. The molecule has 5 nitrogen and oxygen atoms in total. The molecule has 3 rings (SSSR count). The summed E-state index contributed by atoms with van der Waals surface area (Å²) in [4.78, 5) is 12.5. The molecule has 5 heteroatoms. The van der Waals surface area contributed by atoms with E-state index in [0.717, 1.165) is 5.65 Å². The molecule has 2 heterocycles. The van der Waals surface area contributed by atoms with Gasteiger partial charge in [-0.1, -0.05) is 0 Å². The van der Waals surface area contributed by atoms with Crippen molar-refractivity contribution in [3.8, 4) is 12.3 Å². The zero-order valence-electron chi connectivity index (χ0n) is 8.72. The Morgan fingerprint density at radius 1 is 1.44 bits per heavy atom. The Morgan fingerprint density at radius 2 is 2.25 bits per heavy atom. The second kappa shape index (κ2) is 3.20. The molecule has 2 N–H and O–H groups in total. The molecule has 0 atom stereocenters. The van der Waals surface area contributed by atoms with Crippen molar-refractivity contribution in [1.82, 2.24) is 19.5 Å². The standard InChI is InChI=1S/C11H11N5/c1-2-8-14-10(12)9-11(15-8)16(6-13-9)7-4-3-5-7/h1,6-7H,3-5H2,(H2,12,14,15). The van der Waals surface area contributed by atoms with E-state index in [0.29, 0.717) is 23.2 Å². The predicted octanol–water partition coefficient (Wildman–Crippen LogP) is 1.11. The quantitative estimate of drug-likeness (QED) is 0.720. The zero-order chi connectivity index (χ0) is 11.1. The fourth-order valence-electron chi connectivity index (χ4n) is 1.94. The van der Waals surface area contributed by atoms with Gasteiger partial charge in [-0.3, -0.25) is 0 Å². The lowest BCUT2D eigenvalue weighted by Gasteiger charge is -2.26. The van der Waals surface area contributed by atoms with Gasteiger partial charge in [-0.15, -0.1) is 6.42 Å². The minimum absolute atomic E-state index is 0.325. The van der Waals surface area contributed by atoms with Gasteiger partial charge in [-0.2, -0.15) is 0 Å². The number of aromatic nitrogens is 4. The van der Waals surface area contributed by atoms with Crippen molar-refractivity contribution in [3.63, 3.8) is 0 Å². The second-order valence-electron chi connectivity index (χ2n) is 3.99. The third-order valence-electron chi connectivity index (χ3n) is 3.05. The topological polar surface area (TPSA) is 69.6 Å². The van der Waals surface area contributed by atoms with Crippen LogP contribution in [0.25, 0.3) is 11.2 Å². The maximum absolute atomic E-state index is 5.78. The maximum atomic E-state index is 5.78. The number of nitrogen functional groups attached to an aromatic ring is 1. The molecule has 1 aliphatic rings. The smallest absolute Gasteiger partial charge is 0.208 e. The first-order valence-corrected chi connectivity index (χ1v) is 5.26. The number of terminal acetylenes is 1. The van der Waals surface area contributed by atoms with Crippen LogP contribution in [-0.2, 0) is 0 Å². The number of hydrogen-bond acceptors (Lipinski definition) is 4. The van der Waals surface area contributed by atoms with Crippen LogP contribution in [0.3, 0.4) is 0 Å². The SMILES string of the molecule is C#Cc1nc(N)c2ncn(C3CCC3)c2n1. The summed E-state index contributed by atoms with van der Waals surface area (Å²) in [7, 11) is 0. The molecule has 0 amide bonds. The number of imidazole rings is 1. The average molecular weight is 213 g/mol. The van der Waals surface area contributed by atoms with Crippen molar-refractivity contribution in [3.05, 3.63) is 12.2 Å². The van der Waals surface area contributed by atoms with E-state index in [1.54, 1.807) is 6.33 Å². The van der Waals surface area contributed by atoms with Crippen LogP contribution in [0.2, 0.25) is 0 Å². The summed E-state index contributed by atoms with van der Waals surface area (Å²) in [6, 6.07) is 0.491. The number of fused-ring (bicyclic) bond motifs is 1. The monoisotopic (exact) mass is 213 g/mol. The molecule has 2 aromatic rings. The Labute approximate surface area is 92.7 Å². The summed E-state index contributed by atoms with van der Waals surface area (Å²) in [5.41, 5.74) is 7.18. The van der Waals surface area contributed by atoms with E-state index < -0.39 is 0 Å². The van der Waals surface area contributed by atoms with E-state index in [2.05, 4.69) is 25.4 Å². The van der Waals surface area contributed by atoms with Gasteiger partial charge in [0.15, 0.2) is 11.5 Å². The molecule has 0 unspecified atom stereocenters. The first-order chi connectivity index (χ1) is 7.79. The van der Waals surface area contributed by atoms with Crippen LogP contribution in [0, 0.1) is 12.3 Å². The van der Waals surface area contributed by atoms with Crippen LogP contribution in [-0.4, -0.2) is 19.5 Å². The second-order valence-corrected chi connectivity index (χ2v) is 3.99. The molecule has 0 saturated heterocycles. The lowest BCUT2D eigenvalue weighted by Crippen LogP contribution is -2.16. The molecule has 16 heavy (non-hydrogen) atoms. The highest BCUT2D eigenvalue weighted by molar-refractivity contribution is 5.82. The summed E-state index contributed by atoms with van der Waals surface area (Å²) >= 11 is 0. The lowest BCUT2D eigenvalue weighted by molar-refractivity contribution is 0.319. The number of rotatable bonds is 1. The Bertz CT molecular complexity index is 588. The van der Waals surface area contributed by atoms with Gasteiger partial charge in [-0.25, -0.2) is 15.0 Å². The molecule has 80 valence electrons. The Hall–Kier alpha value is -2.09. The van der Waals surface area contributed by atoms with Crippen molar-refractivity contribution >= 4 is 17.0 Å². The van der Waals surface area contributed by atoms with Crippen molar-refractivity contribution in [2.75, 3.05) is 5.73 Å². The van der Waals surface area contributed by atoms with Crippen molar-refractivity contribution in [1.29, 1.82) is 0 Å². The van der Waals surface area contributed by atoms with E-state index in [4.69, 9.17) is 12.2 Å². The average Bonchev–Trinajstić information content (AvgIpc) is 2.60. The summed E-state index contributed by atoms with van der Waals surface area (Å²) in [6.07, 6.45) is 10.7. The highest BCUT2D eigenvalue weighted by atomic mass is 15.2. The van der Waals surface area contributed by atoms with Gasteiger partial charge in [0, 0.05) is 6.04 Å². The molecular weight excluding hydrogens is 202 g/mol. The minimum Gasteiger partial charge on any atom is -0.382 e. The number of anilines is 1. The maximum Gasteiger partial charge on any atom is 0.208 e.